The lowest BCUT2D eigenvalue weighted by atomic mass is 10.2. The van der Waals surface area contributed by atoms with Crippen LogP contribution < -0.4 is 0 Å². The van der Waals surface area contributed by atoms with Crippen LogP contribution in [0, 0.1) is 0 Å². The third kappa shape index (κ3) is 0.935. The Balaban J connectivity index is 2.87. The maximum atomic E-state index is 9.23. The zero-order chi connectivity index (χ0) is 7.84. The van der Waals surface area contributed by atoms with Crippen molar-refractivity contribution in [1.29, 1.82) is 0 Å². The SMILES string of the molecule is Oc1ccc2scc(O)c2c1. The van der Waals surface area contributed by atoms with Crippen LogP contribution in [-0.4, -0.2) is 10.2 Å². The fourth-order valence-corrected chi connectivity index (χ4v) is 1.81. The minimum Gasteiger partial charge on any atom is -0.508 e. The fraction of sp³-hybridized carbons (Fsp3) is 0. The van der Waals surface area contributed by atoms with Crippen LogP contribution in [0.1, 0.15) is 0 Å². The molecule has 0 aliphatic heterocycles. The molecule has 11 heavy (non-hydrogen) atoms. The molecule has 1 aromatic carbocycles. The third-order valence-electron chi connectivity index (χ3n) is 1.54. The molecule has 2 N–H and O–H groups in total. The van der Waals surface area contributed by atoms with Gasteiger partial charge in [0.15, 0.2) is 0 Å². The number of phenolic OH excluding ortho intramolecular Hbond substituents is 1. The maximum Gasteiger partial charge on any atom is 0.134 e. The second-order valence-electron chi connectivity index (χ2n) is 2.30. The van der Waals surface area contributed by atoms with E-state index in [0.29, 0.717) is 0 Å². The Morgan fingerprint density at radius 3 is 2.82 bits per heavy atom. The van der Waals surface area contributed by atoms with E-state index in [1.807, 2.05) is 0 Å². The Hall–Kier alpha value is -1.22. The van der Waals surface area contributed by atoms with Gasteiger partial charge in [0.25, 0.3) is 0 Å². The van der Waals surface area contributed by atoms with Gasteiger partial charge in [-0.3, -0.25) is 0 Å². The Morgan fingerprint density at radius 1 is 1.18 bits per heavy atom. The minimum atomic E-state index is 0.186. The van der Waals surface area contributed by atoms with Gasteiger partial charge < -0.3 is 10.2 Å². The van der Waals surface area contributed by atoms with Gasteiger partial charge in [-0.1, -0.05) is 0 Å². The van der Waals surface area contributed by atoms with Gasteiger partial charge in [0, 0.05) is 15.5 Å². The lowest BCUT2D eigenvalue weighted by Crippen LogP contribution is -1.64. The highest BCUT2D eigenvalue weighted by molar-refractivity contribution is 7.17. The third-order valence-corrected chi connectivity index (χ3v) is 2.49. The van der Waals surface area contributed by atoms with Gasteiger partial charge in [-0.2, -0.15) is 0 Å². The van der Waals surface area contributed by atoms with Gasteiger partial charge in [-0.15, -0.1) is 11.3 Å². The first kappa shape index (κ1) is 6.49. The normalized spacial score (nSPS) is 10.5. The molecule has 2 aromatic rings. The van der Waals surface area contributed by atoms with E-state index in [-0.39, 0.29) is 11.5 Å². The molecule has 2 rings (SSSR count). The molecule has 0 bridgehead atoms. The molecule has 0 radical (unpaired) electrons. The van der Waals surface area contributed by atoms with Gasteiger partial charge in [0.05, 0.1) is 0 Å². The molecule has 0 aliphatic carbocycles. The van der Waals surface area contributed by atoms with Crippen molar-refractivity contribution in [2.75, 3.05) is 0 Å². The summed E-state index contributed by atoms with van der Waals surface area (Å²) < 4.78 is 0.986. The number of rotatable bonds is 0. The van der Waals surface area contributed by atoms with Crippen molar-refractivity contribution in [3.63, 3.8) is 0 Å². The van der Waals surface area contributed by atoms with E-state index in [1.165, 1.54) is 11.3 Å². The van der Waals surface area contributed by atoms with Crippen LogP contribution in [0.5, 0.6) is 11.5 Å². The number of hydrogen-bond acceptors (Lipinski definition) is 3. The fourth-order valence-electron chi connectivity index (χ4n) is 1.00. The maximum absolute atomic E-state index is 9.23. The monoisotopic (exact) mass is 166 g/mol. The van der Waals surface area contributed by atoms with Crippen LogP contribution in [0.2, 0.25) is 0 Å². The predicted octanol–water partition coefficient (Wildman–Crippen LogP) is 2.31. The summed E-state index contributed by atoms with van der Waals surface area (Å²) in [5.74, 6) is 0.423. The van der Waals surface area contributed by atoms with Crippen molar-refractivity contribution in [2.24, 2.45) is 0 Å². The molecule has 0 fully saturated rings. The number of hydrogen-bond donors (Lipinski definition) is 2. The Kier molecular flexibility index (Phi) is 1.26. The first-order valence-corrected chi connectivity index (χ1v) is 4.04. The van der Waals surface area contributed by atoms with Crippen LogP contribution in [-0.2, 0) is 0 Å². The smallest absolute Gasteiger partial charge is 0.134 e. The van der Waals surface area contributed by atoms with Crippen LogP contribution in [0.4, 0.5) is 0 Å². The number of phenols is 1. The lowest BCUT2D eigenvalue weighted by Gasteiger charge is -1.91. The zero-order valence-corrected chi connectivity index (χ0v) is 6.43. The highest BCUT2D eigenvalue weighted by Crippen LogP contribution is 2.33. The summed E-state index contributed by atoms with van der Waals surface area (Å²) in [6.45, 7) is 0. The van der Waals surface area contributed by atoms with Crippen LogP contribution in [0.25, 0.3) is 10.1 Å². The molecule has 3 heteroatoms. The Labute approximate surface area is 67.3 Å². The van der Waals surface area contributed by atoms with Crippen LogP contribution >= 0.6 is 11.3 Å². The van der Waals surface area contributed by atoms with Gasteiger partial charge >= 0.3 is 0 Å². The van der Waals surface area contributed by atoms with Crippen LogP contribution in [0.15, 0.2) is 23.6 Å². The van der Waals surface area contributed by atoms with E-state index in [4.69, 9.17) is 5.11 Å². The molecule has 0 atom stereocenters. The topological polar surface area (TPSA) is 40.5 Å². The summed E-state index contributed by atoms with van der Waals surface area (Å²) in [5.41, 5.74) is 0. The number of thiophene rings is 1. The first-order valence-electron chi connectivity index (χ1n) is 3.16. The molecule has 2 nitrogen and oxygen atoms in total. The molecule has 0 amide bonds. The summed E-state index contributed by atoms with van der Waals surface area (Å²) in [6.07, 6.45) is 0. The second kappa shape index (κ2) is 2.13. The number of benzene rings is 1. The molecular formula is C8H6O2S. The largest absolute Gasteiger partial charge is 0.508 e. The van der Waals surface area contributed by atoms with E-state index >= 15 is 0 Å². The van der Waals surface area contributed by atoms with Crippen molar-refractivity contribution in [1.82, 2.24) is 0 Å². The van der Waals surface area contributed by atoms with Crippen LogP contribution in [0.3, 0.4) is 0 Å². The van der Waals surface area contributed by atoms with Gasteiger partial charge in [0.1, 0.15) is 11.5 Å². The van der Waals surface area contributed by atoms with Crippen molar-refractivity contribution in [3.05, 3.63) is 23.6 Å². The molecule has 0 saturated carbocycles. The van der Waals surface area contributed by atoms with Crippen molar-refractivity contribution in [2.45, 2.75) is 0 Å². The first-order chi connectivity index (χ1) is 5.27. The highest BCUT2D eigenvalue weighted by atomic mass is 32.1. The minimum absolute atomic E-state index is 0.186. The van der Waals surface area contributed by atoms with E-state index < -0.39 is 0 Å². The Morgan fingerprint density at radius 2 is 2.00 bits per heavy atom. The molecule has 1 heterocycles. The summed E-state index contributed by atoms with van der Waals surface area (Å²) >= 11 is 1.46. The zero-order valence-electron chi connectivity index (χ0n) is 5.61. The Bertz CT molecular complexity index is 392. The summed E-state index contributed by atoms with van der Waals surface area (Å²) in [6, 6.07) is 4.95. The molecular weight excluding hydrogens is 160 g/mol. The average molecular weight is 166 g/mol. The molecule has 0 aliphatic rings. The van der Waals surface area contributed by atoms with Crippen molar-refractivity contribution in [3.8, 4) is 11.5 Å². The average Bonchev–Trinajstić information content (AvgIpc) is 2.33. The second-order valence-corrected chi connectivity index (χ2v) is 3.21. The molecule has 1 aromatic heterocycles. The van der Waals surface area contributed by atoms with Crippen molar-refractivity contribution < 1.29 is 10.2 Å². The summed E-state index contributed by atoms with van der Waals surface area (Å²) in [4.78, 5) is 0. The van der Waals surface area contributed by atoms with Gasteiger partial charge in [-0.25, -0.2) is 0 Å². The van der Waals surface area contributed by atoms with E-state index in [0.717, 1.165) is 10.1 Å². The molecule has 0 saturated heterocycles. The molecule has 0 spiro atoms. The molecule has 0 unspecified atom stereocenters. The van der Waals surface area contributed by atoms with E-state index in [9.17, 15) is 5.11 Å². The quantitative estimate of drug-likeness (QED) is 0.630. The summed E-state index contributed by atoms with van der Waals surface area (Å²) in [5, 5.41) is 20.7. The van der Waals surface area contributed by atoms with Gasteiger partial charge in [-0.05, 0) is 18.2 Å². The summed E-state index contributed by atoms with van der Waals surface area (Å²) in [7, 11) is 0. The lowest BCUT2D eigenvalue weighted by molar-refractivity contribution is 0.472. The predicted molar refractivity (Wildman–Crippen MR) is 45.2 cm³/mol. The molecule has 56 valence electrons. The standard InChI is InChI=1S/C8H6O2S/c9-5-1-2-8-6(3-5)7(10)4-11-8/h1-4,9-10H. The van der Waals surface area contributed by atoms with Crippen molar-refractivity contribution >= 4 is 21.4 Å². The number of fused-ring (bicyclic) bond motifs is 1. The van der Waals surface area contributed by atoms with Gasteiger partial charge in [0.2, 0.25) is 0 Å². The van der Waals surface area contributed by atoms with E-state index in [1.54, 1.807) is 23.6 Å². The van der Waals surface area contributed by atoms with E-state index in [2.05, 4.69) is 0 Å². The number of aromatic hydroxyl groups is 2. The highest BCUT2D eigenvalue weighted by Gasteiger charge is 2.01.